The van der Waals surface area contributed by atoms with E-state index in [1.165, 1.54) is 218 Å². The second kappa shape index (κ2) is 23.8. The van der Waals surface area contributed by atoms with Crippen LogP contribution >= 0.6 is 0 Å². The van der Waals surface area contributed by atoms with Crippen molar-refractivity contribution < 1.29 is 0 Å². The lowest BCUT2D eigenvalue weighted by atomic mass is 9.86. The average molecular weight is 1440 g/mol. The van der Waals surface area contributed by atoms with Crippen molar-refractivity contribution in [1.82, 2.24) is 39.9 Å². The maximum Gasteiger partial charge on any atom is 0.141 e. The van der Waals surface area contributed by atoms with Gasteiger partial charge in [-0.15, -0.1) is 0 Å². The summed E-state index contributed by atoms with van der Waals surface area (Å²) in [4.78, 5) is 47.4. The number of hydrogen-bond donors (Lipinski definition) is 0. The molecule has 0 unspecified atom stereocenters. The minimum atomic E-state index is 0.851. The Morgan fingerprint density at radius 3 is 0.911 bits per heavy atom. The van der Waals surface area contributed by atoms with E-state index in [0.717, 1.165) is 106 Å². The first-order valence-corrected chi connectivity index (χ1v) is 39.3. The molecule has 12 heteroatoms. The summed E-state index contributed by atoms with van der Waals surface area (Å²) < 4.78 is 0. The predicted octanol–water partition coefficient (Wildman–Crippen LogP) is 21.3. The summed E-state index contributed by atoms with van der Waals surface area (Å²) in [5.74, 6) is 3.19. The first kappa shape index (κ1) is 62.1. The molecule has 0 fully saturated rings. The maximum atomic E-state index is 4.83. The number of rotatable bonds is 0. The molecular formula is C100H68N12. The van der Waals surface area contributed by atoms with Gasteiger partial charge in [-0.25, -0.2) is 15.0 Å². The molecule has 16 heterocycles. The molecule has 28 rings (SSSR count). The highest BCUT2D eigenvalue weighted by atomic mass is 15.2. The normalized spacial score (nSPS) is 14.6. The highest BCUT2D eigenvalue weighted by molar-refractivity contribution is 6.03. The van der Waals surface area contributed by atoms with Crippen molar-refractivity contribution in [2.45, 2.75) is 77.0 Å². The highest BCUT2D eigenvalue weighted by Gasteiger charge is 2.43. The molecule has 12 nitrogen and oxygen atoms in total. The van der Waals surface area contributed by atoms with Crippen molar-refractivity contribution in [1.29, 1.82) is 0 Å². The largest absolute Gasteiger partial charge is 0.306 e. The van der Waals surface area contributed by atoms with E-state index in [2.05, 4.69) is 218 Å². The topological polar surface area (TPSA) is 116 Å². The van der Waals surface area contributed by atoms with Crippen LogP contribution in [0.25, 0.3) is 44.5 Å². The fourth-order valence-corrected chi connectivity index (χ4v) is 20.9. The monoisotopic (exact) mass is 1440 g/mol. The van der Waals surface area contributed by atoms with Gasteiger partial charge in [0.05, 0.1) is 74.5 Å². The van der Waals surface area contributed by atoms with Gasteiger partial charge in [0, 0.05) is 135 Å². The van der Waals surface area contributed by atoms with Crippen LogP contribution in [0.15, 0.2) is 268 Å². The molecule has 528 valence electrons. The summed E-state index contributed by atoms with van der Waals surface area (Å²) in [7, 11) is 0. The van der Waals surface area contributed by atoms with E-state index in [1.54, 1.807) is 0 Å². The molecule has 12 aliphatic rings. The minimum absolute atomic E-state index is 0.851. The minimum Gasteiger partial charge on any atom is -0.306 e. The Kier molecular flexibility index (Phi) is 13.2. The van der Waals surface area contributed by atoms with Crippen LogP contribution < -0.4 is 19.6 Å². The maximum absolute atomic E-state index is 4.83. The van der Waals surface area contributed by atoms with Gasteiger partial charge in [0.15, 0.2) is 0 Å². The van der Waals surface area contributed by atoms with Crippen molar-refractivity contribution in [3.63, 3.8) is 0 Å². The average Bonchev–Trinajstić information content (AvgIpc) is 1.35. The third-order valence-electron chi connectivity index (χ3n) is 25.5. The van der Waals surface area contributed by atoms with Crippen LogP contribution in [0, 0.1) is 0 Å². The Morgan fingerprint density at radius 1 is 0.179 bits per heavy atom. The van der Waals surface area contributed by atoms with Gasteiger partial charge in [-0.05, 0) is 202 Å². The summed E-state index contributed by atoms with van der Waals surface area (Å²) in [5.41, 5.74) is 54.6. The fourth-order valence-electron chi connectivity index (χ4n) is 20.9. The molecule has 0 spiro atoms. The van der Waals surface area contributed by atoms with E-state index < -0.39 is 0 Å². The van der Waals surface area contributed by atoms with Crippen LogP contribution in [-0.2, 0) is 77.0 Å². The van der Waals surface area contributed by atoms with Gasteiger partial charge in [0.1, 0.15) is 17.5 Å². The Morgan fingerprint density at radius 2 is 0.473 bits per heavy atom. The molecule has 0 saturated carbocycles. The Bertz CT molecular complexity index is 5980. The van der Waals surface area contributed by atoms with E-state index in [9.17, 15) is 0 Å². The smallest absolute Gasteiger partial charge is 0.141 e. The van der Waals surface area contributed by atoms with Crippen LogP contribution in [0.3, 0.4) is 0 Å². The highest BCUT2D eigenvalue weighted by Crippen LogP contribution is 2.61. The summed E-state index contributed by atoms with van der Waals surface area (Å²) in [6.07, 6.45) is 30.9. The zero-order valence-corrected chi connectivity index (χ0v) is 61.3. The molecular weight excluding hydrogens is 1370 g/mol. The lowest BCUT2D eigenvalue weighted by Gasteiger charge is -2.39. The van der Waals surface area contributed by atoms with E-state index in [-0.39, 0.29) is 0 Å². The molecule has 0 atom stereocenters. The second-order valence-corrected chi connectivity index (χ2v) is 31.6. The quantitative estimate of drug-likeness (QED) is 0.144. The molecule has 112 heavy (non-hydrogen) atoms. The van der Waals surface area contributed by atoms with Gasteiger partial charge in [-0.3, -0.25) is 39.6 Å². The number of nitrogens with zero attached hydrogens (tertiary/aromatic N) is 12. The van der Waals surface area contributed by atoms with Crippen LogP contribution in [0.4, 0.5) is 68.6 Å². The summed E-state index contributed by atoms with van der Waals surface area (Å²) >= 11 is 0. The molecule has 0 amide bonds. The molecule has 0 radical (unpaired) electrons. The van der Waals surface area contributed by atoms with Crippen LogP contribution in [0.2, 0.25) is 0 Å². The summed E-state index contributed by atoms with van der Waals surface area (Å²) in [6.45, 7) is 0. The number of aromatic nitrogens is 8. The van der Waals surface area contributed by atoms with Crippen molar-refractivity contribution in [2.24, 2.45) is 0 Å². The first-order chi connectivity index (χ1) is 55.5. The lowest BCUT2D eigenvalue weighted by Crippen LogP contribution is -2.27. The Balaban J connectivity index is 0.0000000847. The number of hydrogen-bond acceptors (Lipinski definition) is 12. The number of fused-ring (bicyclic) bond motifs is 32. The van der Waals surface area contributed by atoms with Gasteiger partial charge in [0.2, 0.25) is 0 Å². The molecule has 16 aromatic rings. The molecule has 8 aromatic carbocycles. The van der Waals surface area contributed by atoms with Gasteiger partial charge < -0.3 is 4.90 Å². The van der Waals surface area contributed by atoms with Gasteiger partial charge in [0.25, 0.3) is 0 Å². The molecule has 8 aromatic heterocycles. The summed E-state index contributed by atoms with van der Waals surface area (Å²) in [6, 6.07) is 75.2. The van der Waals surface area contributed by atoms with Crippen molar-refractivity contribution >= 4 is 68.6 Å². The van der Waals surface area contributed by atoms with Gasteiger partial charge in [-0.1, -0.05) is 164 Å². The van der Waals surface area contributed by atoms with Crippen molar-refractivity contribution in [3.05, 3.63) is 402 Å². The van der Waals surface area contributed by atoms with E-state index in [4.69, 9.17) is 29.9 Å². The van der Waals surface area contributed by atoms with Gasteiger partial charge >= 0.3 is 0 Å². The molecule has 4 aliphatic carbocycles. The summed E-state index contributed by atoms with van der Waals surface area (Å²) in [5, 5.41) is 0. The predicted molar refractivity (Wildman–Crippen MR) is 442 cm³/mol. The fraction of sp³-hybridized carbons (Fsp3) is 0.120. The standard InChI is InChI=1S/4C25H17N3/c1-2-6-20-15(4-1)12-16-7-8-17-14-21-23-18(9-11-26-21)13-19-5-3-10-27-25(19)28(23)24(17)22(16)20;1-2-6-20-15(4-1)12-16-7-8-17-13-18-9-11-26-21-14-19-5-3-10-27-25(19)28(23(18)21)24(17)22(16)20;1-2-6-21-15(4-1)10-16-7-8-17-11-19-13-26-14-20-12-18-5-3-9-27-25(18)28(23(19)20)24(17)22(16)21;1-2-4-20-15(3-1)11-17-5-6-18-13-21-24-19(8-10-27-21)12-16-7-9-26-14-22(16)28(24)25(18)23(17)20/h2*1-11H,12-14H2;1-9,13-14H,10-12H2;1-10,14H,11-13H2. The molecule has 8 aliphatic heterocycles. The second-order valence-electron chi connectivity index (χ2n) is 31.6. The van der Waals surface area contributed by atoms with E-state index in [1.807, 2.05) is 80.2 Å². The molecule has 0 saturated heterocycles. The third-order valence-corrected chi connectivity index (χ3v) is 25.5. The van der Waals surface area contributed by atoms with Gasteiger partial charge in [-0.2, -0.15) is 0 Å². The van der Waals surface area contributed by atoms with E-state index in [0.29, 0.717) is 0 Å². The zero-order valence-electron chi connectivity index (χ0n) is 61.3. The zero-order chi connectivity index (χ0) is 73.0. The number of benzene rings is 8. The van der Waals surface area contributed by atoms with Crippen LogP contribution in [0.1, 0.15) is 134 Å². The first-order valence-electron chi connectivity index (χ1n) is 39.3. The Hall–Kier alpha value is -13.8. The number of pyridine rings is 8. The molecule has 0 N–H and O–H groups in total. The lowest BCUT2D eigenvalue weighted by molar-refractivity contribution is 0.939. The van der Waals surface area contributed by atoms with E-state index >= 15 is 0 Å². The van der Waals surface area contributed by atoms with Crippen LogP contribution in [0.5, 0.6) is 0 Å². The van der Waals surface area contributed by atoms with Crippen molar-refractivity contribution in [2.75, 3.05) is 19.6 Å². The third kappa shape index (κ3) is 9.05. The van der Waals surface area contributed by atoms with Crippen molar-refractivity contribution in [3.8, 4) is 44.5 Å². The van der Waals surface area contributed by atoms with Crippen LogP contribution in [-0.4, -0.2) is 39.9 Å². The SMILES string of the molecule is c1ccc2c(c1)Cc1ccc3c(c1-2)N1c2cnccc2Cc2ccnc(c21)C3.c1ccc2c(c1)Cc1ccc3c(c1-2)N1c2ncccc2Cc2ccnc(c21)C3.c1ccc2c(c1)Cc1ccc3c(c1-2)N1c2ncccc2Cc2cncc(c21)C3.c1ccc2c(c1)Cc1ccc3c(c1-2)N1c2ncccc2Cc2nccc(c21)C3. The number of anilines is 12. The Labute approximate surface area is 647 Å². The molecule has 0 bridgehead atoms.